The van der Waals surface area contributed by atoms with Crippen molar-refractivity contribution in [3.05, 3.63) is 41.7 Å². The number of rotatable bonds is 4. The van der Waals surface area contributed by atoms with Crippen molar-refractivity contribution in [3.8, 4) is 5.69 Å². The average molecular weight is 292 g/mol. The van der Waals surface area contributed by atoms with E-state index in [-0.39, 0.29) is 10.7 Å². The van der Waals surface area contributed by atoms with Crippen molar-refractivity contribution in [1.82, 2.24) is 9.78 Å². The molecule has 0 fully saturated rings. The van der Waals surface area contributed by atoms with E-state index in [4.69, 9.17) is 23.7 Å². The molecule has 0 atom stereocenters. The van der Waals surface area contributed by atoms with Crippen molar-refractivity contribution >= 4 is 34.9 Å². The van der Waals surface area contributed by atoms with E-state index in [2.05, 4.69) is 5.10 Å². The smallest absolute Gasteiger partial charge is 0.269 e. The lowest BCUT2D eigenvalue weighted by Gasteiger charge is -2.12. The van der Waals surface area contributed by atoms with Crippen LogP contribution < -0.4 is 11.5 Å². The summed E-state index contributed by atoms with van der Waals surface area (Å²) in [6, 6.07) is 7.21. The molecule has 0 aliphatic rings. The van der Waals surface area contributed by atoms with Crippen LogP contribution in [0.2, 0.25) is 0 Å². The SMILES string of the molecule is CSc1cccc(-n2ccc(C(N)=O)n2)c1C(N)=S. The summed E-state index contributed by atoms with van der Waals surface area (Å²) in [4.78, 5) is 12.3. The van der Waals surface area contributed by atoms with E-state index in [1.165, 1.54) is 0 Å². The number of aromatic nitrogens is 2. The second-order valence-corrected chi connectivity index (χ2v) is 5.02. The van der Waals surface area contributed by atoms with Crippen LogP contribution in [0.3, 0.4) is 0 Å². The van der Waals surface area contributed by atoms with E-state index in [0.29, 0.717) is 0 Å². The van der Waals surface area contributed by atoms with Crippen molar-refractivity contribution < 1.29 is 4.79 Å². The molecule has 0 aliphatic heterocycles. The van der Waals surface area contributed by atoms with Gasteiger partial charge in [0.25, 0.3) is 5.91 Å². The minimum atomic E-state index is -0.573. The van der Waals surface area contributed by atoms with Crippen LogP contribution in [0, 0.1) is 0 Å². The van der Waals surface area contributed by atoms with Crippen LogP contribution in [-0.2, 0) is 0 Å². The minimum Gasteiger partial charge on any atom is -0.389 e. The predicted octanol–water partition coefficient (Wildman–Crippen LogP) is 1.33. The third kappa shape index (κ3) is 2.61. The molecule has 0 saturated carbocycles. The van der Waals surface area contributed by atoms with E-state index in [1.807, 2.05) is 24.5 Å². The zero-order valence-corrected chi connectivity index (χ0v) is 11.8. The second kappa shape index (κ2) is 5.41. The minimum absolute atomic E-state index is 0.198. The summed E-state index contributed by atoms with van der Waals surface area (Å²) < 4.78 is 1.55. The molecule has 1 aromatic heterocycles. The largest absolute Gasteiger partial charge is 0.389 e. The van der Waals surface area contributed by atoms with Crippen molar-refractivity contribution in [2.75, 3.05) is 6.26 Å². The summed E-state index contributed by atoms with van der Waals surface area (Å²) in [5.41, 5.74) is 12.6. The van der Waals surface area contributed by atoms with E-state index in [0.717, 1.165) is 16.1 Å². The molecule has 1 aromatic carbocycles. The van der Waals surface area contributed by atoms with Crippen molar-refractivity contribution in [3.63, 3.8) is 0 Å². The molecule has 0 aliphatic carbocycles. The summed E-state index contributed by atoms with van der Waals surface area (Å²) in [5, 5.41) is 4.12. The van der Waals surface area contributed by atoms with Gasteiger partial charge in [0.2, 0.25) is 0 Å². The number of primary amides is 1. The number of hydrogen-bond acceptors (Lipinski definition) is 4. The van der Waals surface area contributed by atoms with Crippen molar-refractivity contribution in [1.29, 1.82) is 0 Å². The van der Waals surface area contributed by atoms with Crippen molar-refractivity contribution in [2.24, 2.45) is 11.5 Å². The first-order valence-electron chi connectivity index (χ1n) is 5.37. The molecule has 0 radical (unpaired) electrons. The summed E-state index contributed by atoms with van der Waals surface area (Å²) in [6.45, 7) is 0. The van der Waals surface area contributed by atoms with Gasteiger partial charge in [-0.05, 0) is 24.5 Å². The molecule has 98 valence electrons. The van der Waals surface area contributed by atoms with Crippen LogP contribution in [0.5, 0.6) is 0 Å². The van der Waals surface area contributed by atoms with Gasteiger partial charge in [-0.2, -0.15) is 5.10 Å². The topological polar surface area (TPSA) is 86.9 Å². The molecule has 5 nitrogen and oxygen atoms in total. The highest BCUT2D eigenvalue weighted by Gasteiger charge is 2.14. The number of carbonyl (C=O) groups is 1. The molecule has 0 saturated heterocycles. The molecule has 0 spiro atoms. The fraction of sp³-hybridized carbons (Fsp3) is 0.0833. The lowest BCUT2D eigenvalue weighted by Crippen LogP contribution is -2.16. The van der Waals surface area contributed by atoms with Crippen LogP contribution in [0.4, 0.5) is 0 Å². The molecular weight excluding hydrogens is 280 g/mol. The zero-order chi connectivity index (χ0) is 14.0. The first kappa shape index (κ1) is 13.6. The van der Waals surface area contributed by atoms with Crippen LogP contribution in [0.25, 0.3) is 5.69 Å². The van der Waals surface area contributed by atoms with E-state index >= 15 is 0 Å². The Balaban J connectivity index is 2.60. The maximum atomic E-state index is 11.1. The molecule has 0 bridgehead atoms. The maximum absolute atomic E-state index is 11.1. The molecule has 19 heavy (non-hydrogen) atoms. The number of hydrogen-bond donors (Lipinski definition) is 2. The van der Waals surface area contributed by atoms with Gasteiger partial charge in [-0.3, -0.25) is 4.79 Å². The van der Waals surface area contributed by atoms with Gasteiger partial charge in [0.1, 0.15) is 10.7 Å². The van der Waals surface area contributed by atoms with Gasteiger partial charge in [-0.25, -0.2) is 4.68 Å². The fourth-order valence-corrected chi connectivity index (χ4v) is 2.63. The van der Waals surface area contributed by atoms with E-state index in [1.54, 1.807) is 28.7 Å². The van der Waals surface area contributed by atoms with Gasteiger partial charge >= 0.3 is 0 Å². The van der Waals surface area contributed by atoms with Gasteiger partial charge in [0, 0.05) is 16.7 Å². The predicted molar refractivity (Wildman–Crippen MR) is 79.8 cm³/mol. The number of nitrogens with two attached hydrogens (primary N) is 2. The molecule has 0 unspecified atom stereocenters. The Morgan fingerprint density at radius 3 is 2.63 bits per heavy atom. The maximum Gasteiger partial charge on any atom is 0.269 e. The summed E-state index contributed by atoms with van der Waals surface area (Å²) in [6.07, 6.45) is 3.60. The average Bonchev–Trinajstić information content (AvgIpc) is 2.87. The Labute approximate surface area is 120 Å². The normalized spacial score (nSPS) is 10.4. The number of amides is 1. The molecule has 7 heteroatoms. The lowest BCUT2D eigenvalue weighted by atomic mass is 10.2. The van der Waals surface area contributed by atoms with E-state index in [9.17, 15) is 4.79 Å². The van der Waals surface area contributed by atoms with Crippen LogP contribution in [0.15, 0.2) is 35.4 Å². The van der Waals surface area contributed by atoms with Crippen LogP contribution in [-0.4, -0.2) is 26.9 Å². The molecule has 1 heterocycles. The number of benzene rings is 1. The lowest BCUT2D eigenvalue weighted by molar-refractivity contribution is 0.0995. The number of thiocarbonyl (C=S) groups is 1. The standard InChI is InChI=1S/C12H12N4OS2/c1-19-9-4-2-3-8(10(9)12(14)18)16-6-5-7(15-16)11(13)17/h2-6H,1H3,(H2,13,17)(H2,14,18). The Bertz CT molecular complexity index is 651. The molecule has 2 rings (SSSR count). The molecule has 4 N–H and O–H groups in total. The van der Waals surface area contributed by atoms with Gasteiger partial charge in [-0.1, -0.05) is 18.3 Å². The fourth-order valence-electron chi connectivity index (χ4n) is 1.72. The van der Waals surface area contributed by atoms with Crippen LogP contribution >= 0.6 is 24.0 Å². The molecular formula is C12H12N4OS2. The second-order valence-electron chi connectivity index (χ2n) is 3.73. The third-order valence-corrected chi connectivity index (χ3v) is 3.54. The summed E-state index contributed by atoms with van der Waals surface area (Å²) >= 11 is 6.64. The third-order valence-electron chi connectivity index (χ3n) is 2.56. The zero-order valence-electron chi connectivity index (χ0n) is 10.2. The highest BCUT2D eigenvalue weighted by Crippen LogP contribution is 2.25. The van der Waals surface area contributed by atoms with Gasteiger partial charge in [-0.15, -0.1) is 11.8 Å². The first-order chi connectivity index (χ1) is 9.04. The molecule has 1 amide bonds. The number of carbonyl (C=O) groups excluding carboxylic acids is 1. The first-order valence-corrected chi connectivity index (χ1v) is 7.00. The Morgan fingerprint density at radius 2 is 2.11 bits per heavy atom. The highest BCUT2D eigenvalue weighted by molar-refractivity contribution is 7.98. The van der Waals surface area contributed by atoms with Crippen molar-refractivity contribution in [2.45, 2.75) is 4.90 Å². The Morgan fingerprint density at radius 1 is 1.37 bits per heavy atom. The van der Waals surface area contributed by atoms with Gasteiger partial charge < -0.3 is 11.5 Å². The van der Waals surface area contributed by atoms with Gasteiger partial charge in [0.05, 0.1) is 5.69 Å². The summed E-state index contributed by atoms with van der Waals surface area (Å²) in [5.74, 6) is -0.573. The number of thioether (sulfide) groups is 1. The quantitative estimate of drug-likeness (QED) is 0.655. The number of nitrogens with zero attached hydrogens (tertiary/aromatic N) is 2. The highest BCUT2D eigenvalue weighted by atomic mass is 32.2. The summed E-state index contributed by atoms with van der Waals surface area (Å²) in [7, 11) is 0. The Kier molecular flexibility index (Phi) is 3.87. The Hall–Kier alpha value is -1.86. The molecule has 2 aromatic rings. The monoisotopic (exact) mass is 292 g/mol. The van der Waals surface area contributed by atoms with Crippen LogP contribution in [0.1, 0.15) is 16.1 Å². The van der Waals surface area contributed by atoms with Gasteiger partial charge in [0.15, 0.2) is 0 Å². The van der Waals surface area contributed by atoms with E-state index < -0.39 is 5.91 Å².